The number of halogens is 3. The lowest BCUT2D eigenvalue weighted by molar-refractivity contribution is -0.141. The van der Waals surface area contributed by atoms with E-state index in [0.29, 0.717) is 24.5 Å². The summed E-state index contributed by atoms with van der Waals surface area (Å²) < 4.78 is 44.2. The topological polar surface area (TPSA) is 67.3 Å². The van der Waals surface area contributed by atoms with Crippen LogP contribution in [0.15, 0.2) is 36.7 Å². The zero-order valence-corrected chi connectivity index (χ0v) is 18.0. The normalized spacial score (nSPS) is 20.0. The van der Waals surface area contributed by atoms with Crippen LogP contribution in [0.3, 0.4) is 0 Å². The van der Waals surface area contributed by atoms with E-state index in [0.717, 1.165) is 11.6 Å². The third-order valence-corrected chi connectivity index (χ3v) is 5.47. The largest absolute Gasteiger partial charge is 0.476 e. The van der Waals surface area contributed by atoms with Crippen molar-refractivity contribution in [3.8, 4) is 5.88 Å². The molecule has 9 heteroatoms. The van der Waals surface area contributed by atoms with Gasteiger partial charge in [-0.05, 0) is 45.5 Å². The van der Waals surface area contributed by atoms with Crippen molar-refractivity contribution in [3.05, 3.63) is 53.5 Å². The minimum absolute atomic E-state index is 0.145. The Bertz CT molecular complexity index is 916. The number of likely N-dealkylation sites (N-methyl/N-ethyl adjacent to an activating group) is 1. The number of rotatable bonds is 6. The first kappa shape index (κ1) is 23.0. The van der Waals surface area contributed by atoms with Gasteiger partial charge in [0.05, 0.1) is 5.41 Å². The van der Waals surface area contributed by atoms with Gasteiger partial charge in [-0.3, -0.25) is 9.78 Å². The Hall–Kier alpha value is -2.68. The summed E-state index contributed by atoms with van der Waals surface area (Å²) in [4.78, 5) is 22.8. The molecule has 0 saturated carbocycles. The molecule has 1 fully saturated rings. The molecule has 3 heterocycles. The first-order valence-electron chi connectivity index (χ1n) is 10.0. The zero-order valence-electron chi connectivity index (χ0n) is 18.0. The summed E-state index contributed by atoms with van der Waals surface area (Å²) in [5.41, 5.74) is -0.202. The molecule has 0 bridgehead atoms. The highest BCUT2D eigenvalue weighted by atomic mass is 19.4. The van der Waals surface area contributed by atoms with Crippen LogP contribution in [0.4, 0.5) is 13.2 Å². The van der Waals surface area contributed by atoms with Gasteiger partial charge in [-0.2, -0.15) is 13.2 Å². The van der Waals surface area contributed by atoms with Gasteiger partial charge in [0, 0.05) is 43.0 Å². The van der Waals surface area contributed by atoms with Crippen LogP contribution < -0.4 is 10.1 Å². The maximum absolute atomic E-state index is 13.0. The van der Waals surface area contributed by atoms with E-state index in [9.17, 15) is 18.0 Å². The molecule has 0 aromatic carbocycles. The van der Waals surface area contributed by atoms with Gasteiger partial charge < -0.3 is 15.0 Å². The van der Waals surface area contributed by atoms with Gasteiger partial charge in [-0.15, -0.1) is 0 Å². The average molecular weight is 436 g/mol. The maximum Gasteiger partial charge on any atom is 0.433 e. The fourth-order valence-electron chi connectivity index (χ4n) is 3.58. The second-order valence-corrected chi connectivity index (χ2v) is 8.68. The van der Waals surface area contributed by atoms with Crippen LogP contribution in [0.5, 0.6) is 5.88 Å². The smallest absolute Gasteiger partial charge is 0.433 e. The molecule has 2 aromatic rings. The summed E-state index contributed by atoms with van der Waals surface area (Å²) in [7, 11) is 1.91. The number of carbonyl (C=O) groups is 1. The lowest BCUT2D eigenvalue weighted by Crippen LogP contribution is -2.48. The maximum atomic E-state index is 13.0. The molecular formula is C22H27F3N4O2. The molecule has 0 spiro atoms. The first-order valence-corrected chi connectivity index (χ1v) is 10.0. The van der Waals surface area contributed by atoms with Gasteiger partial charge in [0.1, 0.15) is 12.3 Å². The van der Waals surface area contributed by atoms with Crippen molar-refractivity contribution in [3.63, 3.8) is 0 Å². The standard InChI is InChI=1S/C22H27F3N4O2/c1-14-6-5-9-26-19(14)31-13-21(2,3)20(30)28-17-12-29(4)11-16(17)15-7-8-18(27-10-15)22(23,24)25/h5-10,16-17H,11-13H2,1-4H3,(H,28,30)/t16-,17+/m1/s1. The van der Waals surface area contributed by atoms with Crippen LogP contribution in [0.2, 0.25) is 0 Å². The van der Waals surface area contributed by atoms with E-state index in [-0.39, 0.29) is 24.5 Å². The molecule has 2 atom stereocenters. The molecule has 0 radical (unpaired) electrons. The summed E-state index contributed by atoms with van der Waals surface area (Å²) in [5, 5.41) is 3.06. The minimum Gasteiger partial charge on any atom is -0.476 e. The summed E-state index contributed by atoms with van der Waals surface area (Å²) in [6, 6.07) is 5.88. The van der Waals surface area contributed by atoms with E-state index in [2.05, 4.69) is 15.3 Å². The Labute approximate surface area is 179 Å². The Morgan fingerprint density at radius 2 is 1.97 bits per heavy atom. The number of hydrogen-bond donors (Lipinski definition) is 1. The third kappa shape index (κ3) is 5.52. The van der Waals surface area contributed by atoms with Crippen molar-refractivity contribution in [1.82, 2.24) is 20.2 Å². The van der Waals surface area contributed by atoms with Gasteiger partial charge in [0.2, 0.25) is 11.8 Å². The number of nitrogens with zero attached hydrogens (tertiary/aromatic N) is 3. The van der Waals surface area contributed by atoms with Crippen LogP contribution in [-0.4, -0.2) is 53.6 Å². The molecule has 168 valence electrons. The summed E-state index contributed by atoms with van der Waals surface area (Å²) in [6.45, 7) is 6.80. The number of aromatic nitrogens is 2. The number of ether oxygens (including phenoxy) is 1. The molecule has 3 rings (SSSR count). The number of pyridine rings is 2. The first-order chi connectivity index (χ1) is 14.5. The molecule has 1 aliphatic rings. The van der Waals surface area contributed by atoms with Crippen molar-refractivity contribution in [2.75, 3.05) is 26.7 Å². The number of hydrogen-bond acceptors (Lipinski definition) is 5. The second kappa shape index (κ2) is 8.82. The number of carbonyl (C=O) groups excluding carboxylic acids is 1. The quantitative estimate of drug-likeness (QED) is 0.752. The molecule has 31 heavy (non-hydrogen) atoms. The minimum atomic E-state index is -4.48. The van der Waals surface area contributed by atoms with Crippen LogP contribution in [0.1, 0.15) is 36.6 Å². The summed E-state index contributed by atoms with van der Waals surface area (Å²) >= 11 is 0. The number of alkyl halides is 3. The van der Waals surface area contributed by atoms with Crippen molar-refractivity contribution in [1.29, 1.82) is 0 Å². The van der Waals surface area contributed by atoms with Gasteiger partial charge in [0.15, 0.2) is 0 Å². The zero-order chi connectivity index (χ0) is 22.8. The van der Waals surface area contributed by atoms with E-state index < -0.39 is 17.3 Å². The Balaban J connectivity index is 1.67. The summed E-state index contributed by atoms with van der Waals surface area (Å²) in [6.07, 6.45) is -1.59. The number of nitrogens with one attached hydrogen (secondary N) is 1. The fourth-order valence-corrected chi connectivity index (χ4v) is 3.58. The fraction of sp³-hybridized carbons (Fsp3) is 0.500. The average Bonchev–Trinajstić information content (AvgIpc) is 3.07. The molecule has 1 N–H and O–H groups in total. The van der Waals surface area contributed by atoms with Crippen molar-refractivity contribution < 1.29 is 22.7 Å². The van der Waals surface area contributed by atoms with E-state index in [1.807, 2.05) is 31.0 Å². The molecule has 6 nitrogen and oxygen atoms in total. The number of likely N-dealkylation sites (tertiary alicyclic amines) is 1. The van der Waals surface area contributed by atoms with Crippen LogP contribution in [-0.2, 0) is 11.0 Å². The Kier molecular flexibility index (Phi) is 6.54. The van der Waals surface area contributed by atoms with Gasteiger partial charge >= 0.3 is 6.18 Å². The van der Waals surface area contributed by atoms with E-state index in [1.165, 1.54) is 12.3 Å². The Morgan fingerprint density at radius 3 is 2.58 bits per heavy atom. The molecule has 1 saturated heterocycles. The second-order valence-electron chi connectivity index (χ2n) is 8.68. The monoisotopic (exact) mass is 436 g/mol. The van der Waals surface area contributed by atoms with Gasteiger partial charge in [0.25, 0.3) is 0 Å². The highest BCUT2D eigenvalue weighted by Gasteiger charge is 2.38. The van der Waals surface area contributed by atoms with Gasteiger partial charge in [-0.25, -0.2) is 4.98 Å². The Morgan fingerprint density at radius 1 is 1.23 bits per heavy atom. The molecule has 1 amide bonds. The highest BCUT2D eigenvalue weighted by molar-refractivity contribution is 5.82. The SMILES string of the molecule is Cc1cccnc1OCC(C)(C)C(=O)N[C@H]1CN(C)C[C@@H]1c1ccc(C(F)(F)F)nc1. The van der Waals surface area contributed by atoms with Crippen LogP contribution in [0, 0.1) is 12.3 Å². The predicted octanol–water partition coefficient (Wildman–Crippen LogP) is 3.42. The molecule has 0 unspecified atom stereocenters. The molecule has 0 aliphatic carbocycles. The van der Waals surface area contributed by atoms with E-state index in [1.54, 1.807) is 20.0 Å². The molecule has 1 aliphatic heterocycles. The van der Waals surface area contributed by atoms with Crippen molar-refractivity contribution >= 4 is 5.91 Å². The number of aryl methyl sites for hydroxylation is 1. The highest BCUT2D eigenvalue weighted by Crippen LogP contribution is 2.31. The van der Waals surface area contributed by atoms with Crippen LogP contribution >= 0.6 is 0 Å². The van der Waals surface area contributed by atoms with Crippen molar-refractivity contribution in [2.24, 2.45) is 5.41 Å². The molecular weight excluding hydrogens is 409 g/mol. The lowest BCUT2D eigenvalue weighted by Gasteiger charge is -2.28. The number of amides is 1. The third-order valence-electron chi connectivity index (χ3n) is 5.47. The van der Waals surface area contributed by atoms with E-state index in [4.69, 9.17) is 4.74 Å². The van der Waals surface area contributed by atoms with Gasteiger partial charge in [-0.1, -0.05) is 12.1 Å². The van der Waals surface area contributed by atoms with E-state index >= 15 is 0 Å². The van der Waals surface area contributed by atoms with Crippen molar-refractivity contribution in [2.45, 2.75) is 38.9 Å². The lowest BCUT2D eigenvalue weighted by atomic mass is 9.90. The predicted molar refractivity (Wildman–Crippen MR) is 110 cm³/mol. The van der Waals surface area contributed by atoms with Crippen LogP contribution in [0.25, 0.3) is 0 Å². The summed E-state index contributed by atoms with van der Waals surface area (Å²) in [5.74, 6) is 0.141. The molecule has 2 aromatic heterocycles.